The Kier molecular flexibility index (Phi) is 5.20. The minimum Gasteiger partial charge on any atom is -0.497 e. The van der Waals surface area contributed by atoms with Crippen LogP contribution in [0.2, 0.25) is 0 Å². The summed E-state index contributed by atoms with van der Waals surface area (Å²) in [5, 5.41) is 9.64. The van der Waals surface area contributed by atoms with E-state index in [4.69, 9.17) is 4.74 Å². The van der Waals surface area contributed by atoms with E-state index in [1.54, 1.807) is 25.4 Å². The van der Waals surface area contributed by atoms with Crippen LogP contribution in [0.4, 0.5) is 10.5 Å². The van der Waals surface area contributed by atoms with Crippen LogP contribution in [0, 0.1) is 0 Å². The molecule has 2 amide bonds. The highest BCUT2D eigenvalue weighted by Gasteiger charge is 2.09. The summed E-state index contributed by atoms with van der Waals surface area (Å²) in [7, 11) is 1.63. The van der Waals surface area contributed by atoms with E-state index in [1.807, 2.05) is 24.3 Å². The monoisotopic (exact) mass is 338 g/mol. The first-order valence-corrected chi connectivity index (χ1v) is 7.74. The molecule has 2 aromatic heterocycles. The van der Waals surface area contributed by atoms with Crippen LogP contribution in [0.25, 0.3) is 5.82 Å². The Hall–Kier alpha value is -3.42. The normalized spacial score (nSPS) is 10.3. The molecule has 8 nitrogen and oxygen atoms in total. The van der Waals surface area contributed by atoms with Crippen molar-refractivity contribution in [2.75, 3.05) is 19.0 Å². The Balaban J connectivity index is 1.54. The Labute approximate surface area is 144 Å². The van der Waals surface area contributed by atoms with Gasteiger partial charge in [-0.2, -0.15) is 5.10 Å². The molecule has 0 aliphatic carbocycles. The lowest BCUT2D eigenvalue weighted by atomic mass is 10.1. The molecule has 0 fully saturated rings. The number of carbonyl (C=O) groups excluding carboxylic acids is 1. The summed E-state index contributed by atoms with van der Waals surface area (Å²) in [4.78, 5) is 20.2. The number of ether oxygens (including phenoxy) is 1. The van der Waals surface area contributed by atoms with Crippen molar-refractivity contribution in [3.8, 4) is 11.6 Å². The van der Waals surface area contributed by atoms with Crippen molar-refractivity contribution in [3.05, 3.63) is 60.8 Å². The maximum atomic E-state index is 12.1. The molecular weight excluding hydrogens is 320 g/mol. The zero-order valence-corrected chi connectivity index (χ0v) is 13.7. The number of hydrogen-bond acceptors (Lipinski definition) is 5. The third-order valence-corrected chi connectivity index (χ3v) is 3.53. The summed E-state index contributed by atoms with van der Waals surface area (Å²) in [5.74, 6) is 1.32. The maximum absolute atomic E-state index is 12.1. The number of amides is 2. The van der Waals surface area contributed by atoms with Crippen LogP contribution < -0.4 is 15.4 Å². The SMILES string of the molecule is COc1ccc(CCNC(=O)Nc2cccnc2-n2cncn2)cc1. The van der Waals surface area contributed by atoms with Gasteiger partial charge in [0, 0.05) is 12.7 Å². The number of rotatable bonds is 6. The quantitative estimate of drug-likeness (QED) is 0.717. The maximum Gasteiger partial charge on any atom is 0.319 e. The van der Waals surface area contributed by atoms with Crippen LogP contribution in [0.3, 0.4) is 0 Å². The Morgan fingerprint density at radius 2 is 2.08 bits per heavy atom. The lowest BCUT2D eigenvalue weighted by Gasteiger charge is -2.11. The average molecular weight is 338 g/mol. The van der Waals surface area contributed by atoms with Crippen LogP contribution in [-0.2, 0) is 6.42 Å². The van der Waals surface area contributed by atoms with E-state index < -0.39 is 0 Å². The van der Waals surface area contributed by atoms with Gasteiger partial charge in [-0.25, -0.2) is 19.4 Å². The number of pyridine rings is 1. The van der Waals surface area contributed by atoms with E-state index >= 15 is 0 Å². The highest BCUT2D eigenvalue weighted by molar-refractivity contribution is 5.90. The van der Waals surface area contributed by atoms with Crippen LogP contribution in [-0.4, -0.2) is 39.4 Å². The minimum absolute atomic E-state index is 0.303. The predicted molar refractivity (Wildman–Crippen MR) is 92.9 cm³/mol. The fraction of sp³-hybridized carbons (Fsp3) is 0.176. The van der Waals surface area contributed by atoms with Crippen molar-refractivity contribution < 1.29 is 9.53 Å². The van der Waals surface area contributed by atoms with Gasteiger partial charge < -0.3 is 15.4 Å². The van der Waals surface area contributed by atoms with E-state index in [-0.39, 0.29) is 6.03 Å². The summed E-state index contributed by atoms with van der Waals surface area (Å²) in [5.41, 5.74) is 1.67. The molecule has 0 aliphatic rings. The van der Waals surface area contributed by atoms with Gasteiger partial charge in [-0.15, -0.1) is 0 Å². The van der Waals surface area contributed by atoms with Gasteiger partial charge in [0.15, 0.2) is 5.82 Å². The second-order valence-corrected chi connectivity index (χ2v) is 5.19. The summed E-state index contributed by atoms with van der Waals surface area (Å²) in [6, 6.07) is 10.9. The first-order chi connectivity index (χ1) is 12.3. The summed E-state index contributed by atoms with van der Waals surface area (Å²) < 4.78 is 6.62. The minimum atomic E-state index is -0.303. The number of carbonyl (C=O) groups is 1. The van der Waals surface area contributed by atoms with Crippen molar-refractivity contribution in [1.82, 2.24) is 25.1 Å². The molecule has 0 aliphatic heterocycles. The molecule has 0 saturated heterocycles. The Morgan fingerprint density at radius 3 is 2.80 bits per heavy atom. The van der Waals surface area contributed by atoms with Gasteiger partial charge in [-0.1, -0.05) is 12.1 Å². The molecule has 8 heteroatoms. The number of nitrogens with one attached hydrogen (secondary N) is 2. The van der Waals surface area contributed by atoms with E-state index in [1.165, 1.54) is 17.3 Å². The van der Waals surface area contributed by atoms with E-state index in [0.717, 1.165) is 17.7 Å². The van der Waals surface area contributed by atoms with E-state index in [0.29, 0.717) is 18.1 Å². The van der Waals surface area contributed by atoms with Crippen LogP contribution >= 0.6 is 0 Å². The first-order valence-electron chi connectivity index (χ1n) is 7.74. The van der Waals surface area contributed by atoms with Crippen LogP contribution in [0.15, 0.2) is 55.2 Å². The number of urea groups is 1. The van der Waals surface area contributed by atoms with Gasteiger partial charge in [0.25, 0.3) is 0 Å². The van der Waals surface area contributed by atoms with Crippen LogP contribution in [0.5, 0.6) is 5.75 Å². The zero-order chi connectivity index (χ0) is 17.5. The highest BCUT2D eigenvalue weighted by Crippen LogP contribution is 2.15. The first kappa shape index (κ1) is 16.4. The van der Waals surface area contributed by atoms with Crippen molar-refractivity contribution in [2.24, 2.45) is 0 Å². The predicted octanol–water partition coefficient (Wildman–Crippen LogP) is 2.04. The molecule has 2 N–H and O–H groups in total. The lowest BCUT2D eigenvalue weighted by molar-refractivity contribution is 0.252. The molecule has 25 heavy (non-hydrogen) atoms. The molecule has 3 rings (SSSR count). The second kappa shape index (κ2) is 7.91. The molecular formula is C17H18N6O2. The number of aromatic nitrogens is 4. The third kappa shape index (κ3) is 4.31. The smallest absolute Gasteiger partial charge is 0.319 e. The fourth-order valence-electron chi connectivity index (χ4n) is 2.27. The molecule has 2 heterocycles. The Morgan fingerprint density at radius 1 is 1.24 bits per heavy atom. The molecule has 0 spiro atoms. The fourth-order valence-corrected chi connectivity index (χ4v) is 2.27. The van der Waals surface area contributed by atoms with Crippen molar-refractivity contribution in [1.29, 1.82) is 0 Å². The summed E-state index contributed by atoms with van der Waals surface area (Å²) >= 11 is 0. The molecule has 128 valence electrons. The molecule has 1 aromatic carbocycles. The number of hydrogen-bond donors (Lipinski definition) is 2. The van der Waals surface area contributed by atoms with Gasteiger partial charge in [0.1, 0.15) is 18.4 Å². The van der Waals surface area contributed by atoms with Crippen molar-refractivity contribution >= 4 is 11.7 Å². The summed E-state index contributed by atoms with van der Waals surface area (Å²) in [6.45, 7) is 0.511. The molecule has 0 bridgehead atoms. The van der Waals surface area contributed by atoms with Gasteiger partial charge in [-0.05, 0) is 36.2 Å². The molecule has 0 unspecified atom stereocenters. The lowest BCUT2D eigenvalue weighted by Crippen LogP contribution is -2.31. The number of nitrogens with zero attached hydrogens (tertiary/aromatic N) is 4. The van der Waals surface area contributed by atoms with Crippen molar-refractivity contribution in [2.45, 2.75) is 6.42 Å². The standard InChI is InChI=1S/C17H18N6O2/c1-25-14-6-4-13(5-7-14)8-10-20-17(24)22-15-3-2-9-19-16(15)23-12-18-11-21-23/h2-7,9,11-12H,8,10H2,1H3,(H2,20,22,24). The third-order valence-electron chi connectivity index (χ3n) is 3.53. The number of methoxy groups -OCH3 is 1. The van der Waals surface area contributed by atoms with Gasteiger partial charge in [0.05, 0.1) is 12.8 Å². The van der Waals surface area contributed by atoms with Gasteiger partial charge in [0.2, 0.25) is 0 Å². The molecule has 0 saturated carbocycles. The van der Waals surface area contributed by atoms with E-state index in [2.05, 4.69) is 25.7 Å². The van der Waals surface area contributed by atoms with Crippen molar-refractivity contribution in [3.63, 3.8) is 0 Å². The van der Waals surface area contributed by atoms with Gasteiger partial charge in [-0.3, -0.25) is 0 Å². The molecule has 0 radical (unpaired) electrons. The largest absolute Gasteiger partial charge is 0.497 e. The number of benzene rings is 1. The number of anilines is 1. The zero-order valence-electron chi connectivity index (χ0n) is 13.7. The topological polar surface area (TPSA) is 94.0 Å². The molecule has 3 aromatic rings. The summed E-state index contributed by atoms with van der Waals surface area (Å²) in [6.07, 6.45) is 5.28. The van der Waals surface area contributed by atoms with Crippen LogP contribution in [0.1, 0.15) is 5.56 Å². The molecule has 0 atom stereocenters. The highest BCUT2D eigenvalue weighted by atomic mass is 16.5. The average Bonchev–Trinajstić information content (AvgIpc) is 3.17. The van der Waals surface area contributed by atoms with E-state index in [9.17, 15) is 4.79 Å². The van der Waals surface area contributed by atoms with Gasteiger partial charge >= 0.3 is 6.03 Å². The second-order valence-electron chi connectivity index (χ2n) is 5.19. The Bertz CT molecular complexity index is 817.